The van der Waals surface area contributed by atoms with E-state index in [0.717, 1.165) is 12.8 Å². The van der Waals surface area contributed by atoms with Gasteiger partial charge in [0.1, 0.15) is 5.82 Å². The normalized spacial score (nSPS) is 15.0. The van der Waals surface area contributed by atoms with Crippen LogP contribution >= 0.6 is 0 Å². The van der Waals surface area contributed by atoms with Gasteiger partial charge in [0.2, 0.25) is 5.82 Å². The van der Waals surface area contributed by atoms with Crippen LogP contribution in [0.1, 0.15) is 12.8 Å². The number of pyridine rings is 1. The molecular formula is C9H12N4O2. The Hall–Kier alpha value is -1.85. The number of nitrogens with two attached hydrogens (primary N) is 1. The van der Waals surface area contributed by atoms with Crippen LogP contribution in [0.15, 0.2) is 12.1 Å². The van der Waals surface area contributed by atoms with Crippen LogP contribution in [0.2, 0.25) is 0 Å². The molecule has 0 atom stereocenters. The maximum atomic E-state index is 10.8. The number of nitrogen functional groups attached to an aromatic ring is 1. The van der Waals surface area contributed by atoms with E-state index >= 15 is 0 Å². The number of nitrogens with zero attached hydrogens (tertiary/aromatic N) is 3. The molecule has 0 spiro atoms. The van der Waals surface area contributed by atoms with Crippen molar-refractivity contribution in [3.8, 4) is 0 Å². The van der Waals surface area contributed by atoms with Gasteiger partial charge in [-0.25, -0.2) is 4.98 Å². The summed E-state index contributed by atoms with van der Waals surface area (Å²) in [5.41, 5.74) is 5.54. The van der Waals surface area contributed by atoms with Gasteiger partial charge in [0.15, 0.2) is 0 Å². The lowest BCUT2D eigenvalue weighted by atomic mass is 10.3. The summed E-state index contributed by atoms with van der Waals surface area (Å²) >= 11 is 0. The number of nitro groups is 1. The number of anilines is 2. The molecule has 1 heterocycles. The summed E-state index contributed by atoms with van der Waals surface area (Å²) in [6, 6.07) is 3.22. The highest BCUT2D eigenvalue weighted by Gasteiger charge is 2.31. The molecule has 0 aliphatic heterocycles. The molecule has 0 aromatic carbocycles. The van der Waals surface area contributed by atoms with Crippen LogP contribution in [0.4, 0.5) is 17.3 Å². The molecule has 1 aliphatic carbocycles. The third kappa shape index (κ3) is 1.83. The average molecular weight is 208 g/mol. The molecule has 6 heteroatoms. The average Bonchev–Trinajstić information content (AvgIpc) is 2.99. The van der Waals surface area contributed by atoms with Gasteiger partial charge in [-0.1, -0.05) is 0 Å². The van der Waals surface area contributed by atoms with Crippen molar-refractivity contribution in [1.29, 1.82) is 0 Å². The first kappa shape index (κ1) is 9.70. The van der Waals surface area contributed by atoms with Gasteiger partial charge in [-0.2, -0.15) is 0 Å². The lowest BCUT2D eigenvalue weighted by Crippen LogP contribution is -2.22. The molecule has 1 aliphatic rings. The minimum absolute atomic E-state index is 0.0126. The molecule has 80 valence electrons. The smallest absolute Gasteiger partial charge is 0.311 e. The first-order valence-electron chi connectivity index (χ1n) is 4.73. The van der Waals surface area contributed by atoms with Crippen molar-refractivity contribution in [2.24, 2.45) is 0 Å². The lowest BCUT2D eigenvalue weighted by molar-refractivity contribution is -0.384. The molecule has 6 nitrogen and oxygen atoms in total. The summed E-state index contributed by atoms with van der Waals surface area (Å²) in [6.45, 7) is 0. The molecule has 1 aromatic rings. The van der Waals surface area contributed by atoms with E-state index in [-0.39, 0.29) is 5.69 Å². The quantitative estimate of drug-likeness (QED) is 0.595. The van der Waals surface area contributed by atoms with E-state index in [4.69, 9.17) is 5.73 Å². The molecule has 1 aromatic heterocycles. The van der Waals surface area contributed by atoms with Gasteiger partial charge in [-0.3, -0.25) is 10.1 Å². The van der Waals surface area contributed by atoms with E-state index in [1.165, 1.54) is 12.1 Å². The van der Waals surface area contributed by atoms with Gasteiger partial charge in [-0.15, -0.1) is 0 Å². The summed E-state index contributed by atoms with van der Waals surface area (Å²) in [6.07, 6.45) is 2.12. The second-order valence-corrected chi connectivity index (χ2v) is 3.68. The maximum absolute atomic E-state index is 10.8. The minimum atomic E-state index is -0.430. The zero-order valence-corrected chi connectivity index (χ0v) is 8.38. The van der Waals surface area contributed by atoms with Crippen molar-refractivity contribution in [2.45, 2.75) is 18.9 Å². The highest BCUT2D eigenvalue weighted by Crippen LogP contribution is 2.34. The molecule has 0 bridgehead atoms. The molecule has 1 fully saturated rings. The third-order valence-electron chi connectivity index (χ3n) is 2.50. The molecule has 15 heavy (non-hydrogen) atoms. The summed E-state index contributed by atoms with van der Waals surface area (Å²) in [5, 5.41) is 10.8. The van der Waals surface area contributed by atoms with E-state index in [2.05, 4.69) is 4.98 Å². The molecule has 2 N–H and O–H groups in total. The lowest BCUT2D eigenvalue weighted by Gasteiger charge is -2.17. The second kappa shape index (κ2) is 3.38. The van der Waals surface area contributed by atoms with Crippen molar-refractivity contribution < 1.29 is 4.92 Å². The van der Waals surface area contributed by atoms with E-state index in [1.807, 2.05) is 11.9 Å². The zero-order valence-electron chi connectivity index (χ0n) is 8.38. The van der Waals surface area contributed by atoms with Crippen LogP contribution in [-0.4, -0.2) is 23.0 Å². The van der Waals surface area contributed by atoms with Crippen LogP contribution in [0, 0.1) is 10.1 Å². The SMILES string of the molecule is CN(c1nc(N)ccc1[N+](=O)[O-])C1CC1. The van der Waals surface area contributed by atoms with Crippen molar-refractivity contribution >= 4 is 17.3 Å². The van der Waals surface area contributed by atoms with E-state index < -0.39 is 4.92 Å². The van der Waals surface area contributed by atoms with Crippen LogP contribution < -0.4 is 10.6 Å². The highest BCUT2D eigenvalue weighted by molar-refractivity contribution is 5.61. The minimum Gasteiger partial charge on any atom is -0.384 e. The van der Waals surface area contributed by atoms with Gasteiger partial charge in [-0.05, 0) is 18.9 Å². The molecular weight excluding hydrogens is 196 g/mol. The van der Waals surface area contributed by atoms with Crippen molar-refractivity contribution in [2.75, 3.05) is 17.7 Å². The monoisotopic (exact) mass is 208 g/mol. The molecule has 0 unspecified atom stereocenters. The van der Waals surface area contributed by atoms with Gasteiger partial charge in [0.05, 0.1) is 4.92 Å². The fraction of sp³-hybridized carbons (Fsp3) is 0.444. The Morgan fingerprint density at radius 2 is 2.27 bits per heavy atom. The number of rotatable bonds is 3. The summed E-state index contributed by atoms with van der Waals surface area (Å²) in [4.78, 5) is 16.2. The fourth-order valence-corrected chi connectivity index (χ4v) is 1.49. The van der Waals surface area contributed by atoms with Crippen LogP contribution in [-0.2, 0) is 0 Å². The topological polar surface area (TPSA) is 85.3 Å². The van der Waals surface area contributed by atoms with Crippen molar-refractivity contribution in [3.63, 3.8) is 0 Å². The molecule has 0 amide bonds. The van der Waals surface area contributed by atoms with Crippen LogP contribution in [0.5, 0.6) is 0 Å². The van der Waals surface area contributed by atoms with Crippen molar-refractivity contribution in [3.05, 3.63) is 22.2 Å². The Morgan fingerprint density at radius 3 is 2.80 bits per heavy atom. The van der Waals surface area contributed by atoms with Gasteiger partial charge in [0, 0.05) is 19.2 Å². The zero-order chi connectivity index (χ0) is 11.0. The highest BCUT2D eigenvalue weighted by atomic mass is 16.6. The van der Waals surface area contributed by atoms with E-state index in [0.29, 0.717) is 17.7 Å². The molecule has 2 rings (SSSR count). The number of hydrogen-bond acceptors (Lipinski definition) is 5. The Balaban J connectivity index is 2.41. The van der Waals surface area contributed by atoms with Crippen LogP contribution in [0.25, 0.3) is 0 Å². The maximum Gasteiger partial charge on any atom is 0.311 e. The Morgan fingerprint density at radius 1 is 1.60 bits per heavy atom. The Bertz CT molecular complexity index is 403. The van der Waals surface area contributed by atoms with Gasteiger partial charge in [0.25, 0.3) is 0 Å². The predicted octanol–water partition coefficient (Wildman–Crippen LogP) is 1.17. The summed E-state index contributed by atoms with van der Waals surface area (Å²) in [7, 11) is 1.81. The van der Waals surface area contributed by atoms with E-state index in [1.54, 1.807) is 0 Å². The van der Waals surface area contributed by atoms with Crippen molar-refractivity contribution in [1.82, 2.24) is 4.98 Å². The first-order chi connectivity index (χ1) is 7.09. The third-order valence-corrected chi connectivity index (χ3v) is 2.50. The second-order valence-electron chi connectivity index (χ2n) is 3.68. The first-order valence-corrected chi connectivity index (χ1v) is 4.73. The standard InChI is InChI=1S/C9H12N4O2/c1-12(6-2-3-6)9-7(13(14)15)4-5-8(10)11-9/h4-6H,2-3H2,1H3,(H2,10,11). The number of aromatic nitrogens is 1. The van der Waals surface area contributed by atoms with E-state index in [9.17, 15) is 10.1 Å². The number of hydrogen-bond donors (Lipinski definition) is 1. The summed E-state index contributed by atoms with van der Waals surface area (Å²) in [5.74, 6) is 0.672. The van der Waals surface area contributed by atoms with Gasteiger partial charge >= 0.3 is 5.69 Å². The van der Waals surface area contributed by atoms with Crippen LogP contribution in [0.3, 0.4) is 0 Å². The molecule has 0 saturated heterocycles. The Labute approximate surface area is 86.9 Å². The largest absolute Gasteiger partial charge is 0.384 e. The summed E-state index contributed by atoms with van der Waals surface area (Å²) < 4.78 is 0. The fourth-order valence-electron chi connectivity index (χ4n) is 1.49. The molecule has 1 saturated carbocycles. The molecule has 0 radical (unpaired) electrons. The Kier molecular flexibility index (Phi) is 2.18. The van der Waals surface area contributed by atoms with Gasteiger partial charge < -0.3 is 10.6 Å². The predicted molar refractivity (Wildman–Crippen MR) is 56.7 cm³/mol.